The summed E-state index contributed by atoms with van der Waals surface area (Å²) in [5.74, 6) is 0. The lowest BCUT2D eigenvalue weighted by atomic mass is 10.1. The maximum atomic E-state index is 12.8. The van der Waals surface area contributed by atoms with Gasteiger partial charge in [0.05, 0.1) is 16.8 Å². The van der Waals surface area contributed by atoms with Crippen molar-refractivity contribution in [1.29, 1.82) is 0 Å². The van der Waals surface area contributed by atoms with E-state index in [0.717, 1.165) is 45.2 Å². The molecule has 3 aromatic carbocycles. The molecule has 0 saturated carbocycles. The van der Waals surface area contributed by atoms with Crippen LogP contribution >= 0.6 is 0 Å². The van der Waals surface area contributed by atoms with Crippen LogP contribution in [0.1, 0.15) is 16.8 Å². The van der Waals surface area contributed by atoms with Crippen LogP contribution < -0.4 is 10.6 Å². The summed E-state index contributed by atoms with van der Waals surface area (Å²) in [4.78, 5) is 17.0. The van der Waals surface area contributed by atoms with Crippen molar-refractivity contribution in [3.05, 3.63) is 102 Å². The molecule has 8 heteroatoms. The second-order valence-electron chi connectivity index (χ2n) is 8.25. The summed E-state index contributed by atoms with van der Waals surface area (Å²) in [6.45, 7) is 2.65. The van der Waals surface area contributed by atoms with Gasteiger partial charge in [-0.25, -0.2) is 4.79 Å². The number of rotatable bonds is 4. The third kappa shape index (κ3) is 4.55. The van der Waals surface area contributed by atoms with Gasteiger partial charge >= 0.3 is 12.2 Å². The van der Waals surface area contributed by atoms with Crippen LogP contribution in [0.5, 0.6) is 0 Å². The number of aromatic nitrogens is 2. The number of urea groups is 1. The number of amides is 2. The van der Waals surface area contributed by atoms with Gasteiger partial charge in [-0.15, -0.1) is 0 Å². The fourth-order valence-electron chi connectivity index (χ4n) is 4.27. The van der Waals surface area contributed by atoms with Crippen LogP contribution in [-0.4, -0.2) is 15.6 Å². The number of aryl methyl sites for hydroxylation is 1. The Morgan fingerprint density at radius 3 is 2.29 bits per heavy atom. The van der Waals surface area contributed by atoms with E-state index in [0.29, 0.717) is 12.2 Å². The molecule has 2 amide bonds. The van der Waals surface area contributed by atoms with Crippen molar-refractivity contribution in [1.82, 2.24) is 9.55 Å². The Morgan fingerprint density at radius 2 is 1.57 bits per heavy atom. The molecule has 2 aromatic heterocycles. The molecule has 0 aliphatic rings. The smallest absolute Gasteiger partial charge is 0.334 e. The van der Waals surface area contributed by atoms with Gasteiger partial charge in [0, 0.05) is 40.4 Å². The molecule has 5 aromatic rings. The molecule has 176 valence electrons. The first-order chi connectivity index (χ1) is 16.8. The zero-order chi connectivity index (χ0) is 24.6. The molecule has 0 spiro atoms. The lowest BCUT2D eigenvalue weighted by Crippen LogP contribution is -2.19. The van der Waals surface area contributed by atoms with Gasteiger partial charge in [0.15, 0.2) is 0 Å². The predicted octanol–water partition coefficient (Wildman–Crippen LogP) is 7.21. The molecular weight excluding hydrogens is 453 g/mol. The quantitative estimate of drug-likeness (QED) is 0.289. The Bertz CT molecular complexity index is 1520. The third-order valence-corrected chi connectivity index (χ3v) is 5.87. The molecule has 0 radical (unpaired) electrons. The first-order valence-corrected chi connectivity index (χ1v) is 11.0. The van der Waals surface area contributed by atoms with Gasteiger partial charge in [0.1, 0.15) is 0 Å². The summed E-state index contributed by atoms with van der Waals surface area (Å²) in [6.07, 6.45) is -2.66. The van der Waals surface area contributed by atoms with Gasteiger partial charge in [-0.3, -0.25) is 4.98 Å². The number of carbonyl (C=O) groups is 1. The highest BCUT2D eigenvalue weighted by Gasteiger charge is 2.30. The number of halogens is 3. The largest absolute Gasteiger partial charge is 0.416 e. The van der Waals surface area contributed by atoms with E-state index < -0.39 is 17.8 Å². The van der Waals surface area contributed by atoms with Gasteiger partial charge < -0.3 is 15.2 Å². The molecule has 35 heavy (non-hydrogen) atoms. The van der Waals surface area contributed by atoms with E-state index in [1.165, 1.54) is 12.1 Å². The van der Waals surface area contributed by atoms with Crippen molar-refractivity contribution in [2.75, 3.05) is 10.6 Å². The van der Waals surface area contributed by atoms with Crippen LogP contribution in [0.25, 0.3) is 21.8 Å². The normalized spacial score (nSPS) is 11.7. The van der Waals surface area contributed by atoms with Gasteiger partial charge in [-0.2, -0.15) is 13.2 Å². The van der Waals surface area contributed by atoms with Crippen LogP contribution in [0.15, 0.2) is 85.1 Å². The van der Waals surface area contributed by atoms with Crippen LogP contribution in [-0.2, 0) is 12.7 Å². The molecule has 0 aliphatic carbocycles. The number of hydrogen-bond donors (Lipinski definition) is 2. The molecule has 2 N–H and O–H groups in total. The molecule has 5 rings (SSSR count). The lowest BCUT2D eigenvalue weighted by molar-refractivity contribution is -0.137. The van der Waals surface area contributed by atoms with Gasteiger partial charge in [-0.05, 0) is 61.0 Å². The predicted molar refractivity (Wildman–Crippen MR) is 132 cm³/mol. The Balaban J connectivity index is 1.44. The van der Waals surface area contributed by atoms with E-state index >= 15 is 0 Å². The first-order valence-electron chi connectivity index (χ1n) is 11.0. The van der Waals surface area contributed by atoms with Crippen molar-refractivity contribution < 1.29 is 18.0 Å². The van der Waals surface area contributed by atoms with E-state index in [4.69, 9.17) is 0 Å². The summed E-state index contributed by atoms with van der Waals surface area (Å²) >= 11 is 0. The first kappa shape index (κ1) is 22.5. The minimum atomic E-state index is -4.43. The lowest BCUT2D eigenvalue weighted by Gasteiger charge is -2.11. The fourth-order valence-corrected chi connectivity index (χ4v) is 4.27. The summed E-state index contributed by atoms with van der Waals surface area (Å²) in [5, 5.41) is 7.33. The maximum Gasteiger partial charge on any atom is 0.416 e. The summed E-state index contributed by atoms with van der Waals surface area (Å²) in [7, 11) is 0. The van der Waals surface area contributed by atoms with Gasteiger partial charge in [0.25, 0.3) is 0 Å². The number of fused-ring (bicyclic) bond motifs is 3. The number of hydrogen-bond acceptors (Lipinski definition) is 2. The molecule has 0 saturated heterocycles. The number of nitrogens with one attached hydrogen (secondary N) is 2. The average Bonchev–Trinajstić information content (AvgIpc) is 3.13. The van der Waals surface area contributed by atoms with Crippen LogP contribution in [0, 0.1) is 6.92 Å². The van der Waals surface area contributed by atoms with Gasteiger partial charge in [0.2, 0.25) is 0 Å². The number of alkyl halides is 3. The van der Waals surface area contributed by atoms with Crippen LogP contribution in [0.2, 0.25) is 0 Å². The van der Waals surface area contributed by atoms with E-state index in [-0.39, 0.29) is 5.69 Å². The average molecular weight is 474 g/mol. The highest BCUT2D eigenvalue weighted by Crippen LogP contribution is 2.33. The minimum absolute atomic E-state index is 0.262. The second-order valence-corrected chi connectivity index (χ2v) is 8.25. The SMILES string of the molecule is Cc1nccc2c3cc(NC(=O)Nc4ccc(C(F)(F)F)cc4)ccc3n(Cc3ccccc3)c12. The highest BCUT2D eigenvalue weighted by atomic mass is 19.4. The number of pyridine rings is 1. The van der Waals surface area contributed by atoms with E-state index in [1.807, 2.05) is 43.3 Å². The second kappa shape index (κ2) is 8.79. The number of nitrogens with zero attached hydrogens (tertiary/aromatic N) is 2. The monoisotopic (exact) mass is 474 g/mol. The van der Waals surface area contributed by atoms with E-state index in [2.05, 4.69) is 32.3 Å². The van der Waals surface area contributed by atoms with Crippen molar-refractivity contribution >= 4 is 39.2 Å². The number of carbonyl (C=O) groups excluding carboxylic acids is 1. The van der Waals surface area contributed by atoms with Crippen molar-refractivity contribution in [3.63, 3.8) is 0 Å². The summed E-state index contributed by atoms with van der Waals surface area (Å²) in [5.41, 5.74) is 4.15. The Morgan fingerprint density at radius 1 is 0.886 bits per heavy atom. The van der Waals surface area contributed by atoms with Crippen LogP contribution in [0.3, 0.4) is 0 Å². The molecular formula is C27H21F3N4O. The summed E-state index contributed by atoms with van der Waals surface area (Å²) in [6, 6.07) is 21.5. The molecule has 0 atom stereocenters. The standard InChI is InChI=1S/C27H21F3N4O/c1-17-25-22(13-14-31-17)23-15-21(11-12-24(23)34(25)16-18-5-3-2-4-6-18)33-26(35)32-20-9-7-19(8-10-20)27(28,29)30/h2-15H,16H2,1H3,(H2,32,33,35). The highest BCUT2D eigenvalue weighted by molar-refractivity contribution is 6.11. The number of anilines is 2. The fraction of sp³-hybridized carbons (Fsp3) is 0.111. The minimum Gasteiger partial charge on any atom is -0.334 e. The zero-order valence-corrected chi connectivity index (χ0v) is 18.7. The van der Waals surface area contributed by atoms with Gasteiger partial charge in [-0.1, -0.05) is 30.3 Å². The molecule has 0 fully saturated rings. The molecule has 5 nitrogen and oxygen atoms in total. The molecule has 2 heterocycles. The third-order valence-electron chi connectivity index (χ3n) is 5.87. The van der Waals surface area contributed by atoms with Crippen molar-refractivity contribution in [2.24, 2.45) is 0 Å². The molecule has 0 aliphatic heterocycles. The van der Waals surface area contributed by atoms with Crippen molar-refractivity contribution in [2.45, 2.75) is 19.6 Å². The van der Waals surface area contributed by atoms with E-state index in [1.54, 1.807) is 12.3 Å². The summed E-state index contributed by atoms with van der Waals surface area (Å²) < 4.78 is 40.5. The zero-order valence-electron chi connectivity index (χ0n) is 18.7. The molecule has 0 unspecified atom stereocenters. The molecule has 0 bridgehead atoms. The Hall–Kier alpha value is -4.33. The Labute approximate surface area is 199 Å². The Kier molecular flexibility index (Phi) is 5.64. The van der Waals surface area contributed by atoms with Crippen LogP contribution in [0.4, 0.5) is 29.3 Å². The van der Waals surface area contributed by atoms with E-state index in [9.17, 15) is 18.0 Å². The topological polar surface area (TPSA) is 59.0 Å². The van der Waals surface area contributed by atoms with Crippen molar-refractivity contribution in [3.8, 4) is 0 Å². The number of benzene rings is 3. The maximum absolute atomic E-state index is 12.8.